The Morgan fingerprint density at radius 3 is 2.93 bits per heavy atom. The monoisotopic (exact) mass is 226 g/mol. The van der Waals surface area contributed by atoms with Gasteiger partial charge in [0.1, 0.15) is 0 Å². The zero-order chi connectivity index (χ0) is 11.0. The third-order valence-corrected chi connectivity index (χ3v) is 2.55. The molecule has 1 amide bonds. The molecule has 2 heterocycles. The number of amides is 1. The fourth-order valence-corrected chi connectivity index (χ4v) is 1.84. The van der Waals surface area contributed by atoms with Gasteiger partial charge < -0.3 is 10.6 Å². The summed E-state index contributed by atoms with van der Waals surface area (Å²) in [5, 5.41) is 0.187. The smallest absolute Gasteiger partial charge is 0.228 e. The highest BCUT2D eigenvalue weighted by atomic mass is 35.5. The van der Waals surface area contributed by atoms with Crippen molar-refractivity contribution in [3.05, 3.63) is 17.2 Å². The van der Waals surface area contributed by atoms with Gasteiger partial charge in [-0.2, -0.15) is 0 Å². The number of anilines is 1. The zero-order valence-electron chi connectivity index (χ0n) is 8.27. The van der Waals surface area contributed by atoms with Gasteiger partial charge in [0.25, 0.3) is 0 Å². The van der Waals surface area contributed by atoms with E-state index in [-0.39, 0.29) is 17.2 Å². The van der Waals surface area contributed by atoms with E-state index in [0.717, 1.165) is 0 Å². The number of halogens is 1. The molecule has 1 aromatic heterocycles. The Bertz CT molecular complexity index is 409. The second-order valence-electron chi connectivity index (χ2n) is 3.58. The van der Waals surface area contributed by atoms with Crippen molar-refractivity contribution < 1.29 is 4.79 Å². The minimum absolute atomic E-state index is 0.0107. The minimum Gasteiger partial charge on any atom is -0.326 e. The van der Waals surface area contributed by atoms with Crippen LogP contribution in [0.5, 0.6) is 0 Å². The van der Waals surface area contributed by atoms with Crippen LogP contribution in [0.1, 0.15) is 12.1 Å². The molecular formula is C9H11ClN4O. The summed E-state index contributed by atoms with van der Waals surface area (Å²) in [7, 11) is 0. The van der Waals surface area contributed by atoms with Crippen molar-refractivity contribution in [2.45, 2.75) is 19.4 Å². The molecule has 2 N–H and O–H groups in total. The van der Waals surface area contributed by atoms with Gasteiger partial charge in [-0.05, 0) is 18.5 Å². The lowest BCUT2D eigenvalue weighted by Crippen LogP contribution is -2.28. The van der Waals surface area contributed by atoms with Crippen molar-refractivity contribution in [3.63, 3.8) is 0 Å². The molecule has 0 radical (unpaired) electrons. The molecule has 15 heavy (non-hydrogen) atoms. The van der Waals surface area contributed by atoms with E-state index in [1.54, 1.807) is 18.0 Å². The van der Waals surface area contributed by atoms with Gasteiger partial charge in [0, 0.05) is 19.0 Å². The van der Waals surface area contributed by atoms with E-state index in [9.17, 15) is 4.79 Å². The summed E-state index contributed by atoms with van der Waals surface area (Å²) in [6.45, 7) is 2.31. The van der Waals surface area contributed by atoms with Crippen molar-refractivity contribution >= 4 is 23.2 Å². The Hall–Kier alpha value is -1.20. The Morgan fingerprint density at radius 1 is 1.67 bits per heavy atom. The maximum Gasteiger partial charge on any atom is 0.228 e. The van der Waals surface area contributed by atoms with Crippen LogP contribution in [0.25, 0.3) is 0 Å². The molecule has 1 aliphatic rings. The maximum absolute atomic E-state index is 11.6. The molecule has 0 aliphatic carbocycles. The predicted molar refractivity (Wildman–Crippen MR) is 56.7 cm³/mol. The number of hydrogen-bond acceptors (Lipinski definition) is 4. The largest absolute Gasteiger partial charge is 0.326 e. The number of rotatable bonds is 1. The van der Waals surface area contributed by atoms with Crippen molar-refractivity contribution in [2.75, 3.05) is 11.4 Å². The molecule has 5 nitrogen and oxygen atoms in total. The van der Waals surface area contributed by atoms with Crippen LogP contribution in [-0.4, -0.2) is 28.5 Å². The fourth-order valence-electron chi connectivity index (χ4n) is 1.67. The molecule has 0 bridgehead atoms. The van der Waals surface area contributed by atoms with Crippen molar-refractivity contribution in [2.24, 2.45) is 5.73 Å². The first-order valence-corrected chi connectivity index (χ1v) is 5.01. The lowest BCUT2D eigenvalue weighted by molar-refractivity contribution is -0.117. The Labute approximate surface area is 92.3 Å². The van der Waals surface area contributed by atoms with Crippen molar-refractivity contribution in [1.82, 2.24) is 9.97 Å². The van der Waals surface area contributed by atoms with Gasteiger partial charge in [0.15, 0.2) is 0 Å². The van der Waals surface area contributed by atoms with Gasteiger partial charge in [-0.3, -0.25) is 4.79 Å². The number of hydrogen-bond donors (Lipinski definition) is 1. The molecule has 1 fully saturated rings. The van der Waals surface area contributed by atoms with E-state index < -0.39 is 0 Å². The van der Waals surface area contributed by atoms with E-state index in [1.807, 2.05) is 0 Å². The second-order valence-corrected chi connectivity index (χ2v) is 3.92. The number of aromatic nitrogens is 2. The van der Waals surface area contributed by atoms with Crippen LogP contribution in [0, 0.1) is 6.92 Å². The Morgan fingerprint density at radius 2 is 2.40 bits per heavy atom. The number of carbonyl (C=O) groups excluding carboxylic acids is 1. The first-order chi connectivity index (χ1) is 7.08. The third-order valence-electron chi connectivity index (χ3n) is 2.37. The molecule has 1 saturated heterocycles. The summed E-state index contributed by atoms with van der Waals surface area (Å²) >= 11 is 5.64. The molecule has 1 unspecified atom stereocenters. The van der Waals surface area contributed by atoms with Crippen LogP contribution in [0.4, 0.5) is 5.69 Å². The van der Waals surface area contributed by atoms with Gasteiger partial charge in [-0.15, -0.1) is 0 Å². The molecule has 1 atom stereocenters. The van der Waals surface area contributed by atoms with Gasteiger partial charge in [0.05, 0.1) is 17.6 Å². The summed E-state index contributed by atoms with van der Waals surface area (Å²) in [6, 6.07) is -0.104. The van der Waals surface area contributed by atoms with E-state index >= 15 is 0 Å². The first-order valence-electron chi connectivity index (χ1n) is 4.63. The lowest BCUT2D eigenvalue weighted by atomic mass is 10.3. The molecule has 2 rings (SSSR count). The normalized spacial score (nSPS) is 21.1. The predicted octanol–water partition coefficient (Wildman–Crippen LogP) is 0.502. The highest BCUT2D eigenvalue weighted by molar-refractivity contribution is 6.28. The van der Waals surface area contributed by atoms with Gasteiger partial charge in [0.2, 0.25) is 11.2 Å². The zero-order valence-corrected chi connectivity index (χ0v) is 9.03. The Balaban J connectivity index is 2.34. The van der Waals surface area contributed by atoms with Crippen LogP contribution in [0.2, 0.25) is 5.28 Å². The molecule has 0 aromatic carbocycles. The summed E-state index contributed by atoms with van der Waals surface area (Å²) < 4.78 is 0. The van der Waals surface area contributed by atoms with E-state index in [0.29, 0.717) is 24.3 Å². The summed E-state index contributed by atoms with van der Waals surface area (Å²) in [4.78, 5) is 21.0. The molecule has 80 valence electrons. The quantitative estimate of drug-likeness (QED) is 0.708. The van der Waals surface area contributed by atoms with Gasteiger partial charge in [-0.25, -0.2) is 9.97 Å². The van der Waals surface area contributed by atoms with Gasteiger partial charge in [-0.1, -0.05) is 0 Å². The van der Waals surface area contributed by atoms with E-state index in [2.05, 4.69) is 9.97 Å². The summed E-state index contributed by atoms with van der Waals surface area (Å²) in [5.41, 5.74) is 7.09. The number of nitrogens with zero attached hydrogens (tertiary/aromatic N) is 3. The van der Waals surface area contributed by atoms with Crippen LogP contribution < -0.4 is 10.6 Å². The minimum atomic E-state index is -0.104. The topological polar surface area (TPSA) is 72.1 Å². The highest BCUT2D eigenvalue weighted by Crippen LogP contribution is 2.23. The van der Waals surface area contributed by atoms with Crippen molar-refractivity contribution in [3.8, 4) is 0 Å². The summed E-state index contributed by atoms with van der Waals surface area (Å²) in [6.07, 6.45) is 1.93. The van der Waals surface area contributed by atoms with Crippen LogP contribution in [0.3, 0.4) is 0 Å². The SMILES string of the molecule is Cc1nc(Cl)ncc1N1CC(N)CC1=O. The standard InChI is InChI=1S/C9H11ClN4O/c1-5-7(3-12-9(10)13-5)14-4-6(11)2-8(14)15/h3,6H,2,4,11H2,1H3. The molecule has 6 heteroatoms. The lowest BCUT2D eigenvalue weighted by Gasteiger charge is -2.17. The maximum atomic E-state index is 11.6. The number of aryl methyl sites for hydroxylation is 1. The molecule has 0 spiro atoms. The van der Waals surface area contributed by atoms with Crippen LogP contribution >= 0.6 is 11.6 Å². The van der Waals surface area contributed by atoms with Crippen LogP contribution in [-0.2, 0) is 4.79 Å². The van der Waals surface area contributed by atoms with Gasteiger partial charge >= 0.3 is 0 Å². The molecule has 0 saturated carbocycles. The average Bonchev–Trinajstić information content (AvgIpc) is 2.45. The van der Waals surface area contributed by atoms with E-state index in [4.69, 9.17) is 17.3 Å². The first kappa shape index (κ1) is 10.3. The van der Waals surface area contributed by atoms with E-state index in [1.165, 1.54) is 0 Å². The second kappa shape index (κ2) is 3.75. The average molecular weight is 227 g/mol. The molecule has 1 aromatic rings. The highest BCUT2D eigenvalue weighted by Gasteiger charge is 2.29. The fraction of sp³-hybridized carbons (Fsp3) is 0.444. The van der Waals surface area contributed by atoms with Crippen LogP contribution in [0.15, 0.2) is 6.20 Å². The number of nitrogens with two attached hydrogens (primary N) is 1. The number of carbonyl (C=O) groups is 1. The Kier molecular flexibility index (Phi) is 2.58. The molecule has 1 aliphatic heterocycles. The van der Waals surface area contributed by atoms with Crippen molar-refractivity contribution in [1.29, 1.82) is 0 Å². The summed E-state index contributed by atoms with van der Waals surface area (Å²) in [5.74, 6) is 0.0107. The third kappa shape index (κ3) is 1.93. The molecular weight excluding hydrogens is 216 g/mol.